The van der Waals surface area contributed by atoms with Gasteiger partial charge in [0.2, 0.25) is 5.91 Å². The summed E-state index contributed by atoms with van der Waals surface area (Å²) in [6, 6.07) is 5.41. The van der Waals surface area contributed by atoms with Gasteiger partial charge in [0, 0.05) is 50.4 Å². The Hall–Kier alpha value is -2.48. The molecule has 0 spiro atoms. The van der Waals surface area contributed by atoms with E-state index in [4.69, 9.17) is 4.74 Å². The summed E-state index contributed by atoms with van der Waals surface area (Å²) in [6.07, 6.45) is 2.38. The van der Waals surface area contributed by atoms with Crippen LogP contribution in [0, 0.1) is 11.8 Å². The first-order chi connectivity index (χ1) is 14.9. The van der Waals surface area contributed by atoms with E-state index in [1.165, 1.54) is 0 Å². The number of aromatic nitrogens is 1. The normalized spacial score (nSPS) is 25.6. The fraction of sp³-hybridized carbons (Fsp3) is 0.652. The second kappa shape index (κ2) is 9.34. The Morgan fingerprint density at radius 2 is 1.97 bits per heavy atom. The van der Waals surface area contributed by atoms with Crippen molar-refractivity contribution in [3.05, 3.63) is 34.2 Å². The first-order valence-electron chi connectivity index (χ1n) is 11.3. The van der Waals surface area contributed by atoms with Crippen LogP contribution in [0.4, 0.5) is 0 Å². The minimum atomic E-state index is -0.294. The third-order valence-corrected chi connectivity index (χ3v) is 6.70. The Kier molecular flexibility index (Phi) is 6.55. The number of ether oxygens (including phenoxy) is 1. The van der Waals surface area contributed by atoms with Crippen LogP contribution in [0.15, 0.2) is 23.0 Å². The van der Waals surface area contributed by atoms with E-state index in [0.29, 0.717) is 32.2 Å². The summed E-state index contributed by atoms with van der Waals surface area (Å²) in [6.45, 7) is 5.47. The molecule has 0 aromatic carbocycles. The van der Waals surface area contributed by atoms with Crippen LogP contribution in [0.2, 0.25) is 0 Å². The van der Waals surface area contributed by atoms with Crippen molar-refractivity contribution >= 4 is 17.7 Å². The van der Waals surface area contributed by atoms with Gasteiger partial charge in [0.25, 0.3) is 5.56 Å². The van der Waals surface area contributed by atoms with Crippen molar-refractivity contribution in [2.45, 2.75) is 45.1 Å². The van der Waals surface area contributed by atoms with Crippen molar-refractivity contribution in [2.24, 2.45) is 11.8 Å². The Balaban J connectivity index is 1.31. The molecule has 0 aliphatic carbocycles. The molecule has 2 bridgehead atoms. The zero-order valence-corrected chi connectivity index (χ0v) is 18.1. The summed E-state index contributed by atoms with van der Waals surface area (Å²) >= 11 is 0. The maximum Gasteiger partial charge on any atom is 0.310 e. The molecule has 2 saturated heterocycles. The Labute approximate surface area is 182 Å². The van der Waals surface area contributed by atoms with E-state index in [1.807, 2.05) is 10.6 Å². The predicted molar refractivity (Wildman–Crippen MR) is 114 cm³/mol. The first kappa shape index (κ1) is 21.7. The Morgan fingerprint density at radius 1 is 1.13 bits per heavy atom. The number of likely N-dealkylation sites (tertiary alicyclic amines) is 2. The number of hydrogen-bond donors (Lipinski definition) is 0. The standard InChI is InChI=1S/C23H31N3O5/c1-2-31-23(30)17-5-4-8-25(14-17)22(29)10-19(27)15-24-11-16-9-18(13-24)20-6-3-7-21(28)26(20)12-16/h3,6-7,16-18H,2,4-5,8-15H2,1H3. The summed E-state index contributed by atoms with van der Waals surface area (Å²) in [5, 5.41) is 0. The number of hydrogen-bond acceptors (Lipinski definition) is 6. The van der Waals surface area contributed by atoms with Crippen LogP contribution in [0.1, 0.15) is 44.2 Å². The quantitative estimate of drug-likeness (QED) is 0.496. The molecule has 0 radical (unpaired) electrons. The number of Topliss-reactive ketones (excluding diaryl/α,β-unsaturated/α-hetero) is 1. The van der Waals surface area contributed by atoms with Crippen LogP contribution in [0.25, 0.3) is 0 Å². The maximum absolute atomic E-state index is 12.7. The molecule has 0 N–H and O–H groups in total. The van der Waals surface area contributed by atoms with Crippen LogP contribution < -0.4 is 5.56 Å². The SMILES string of the molecule is CCOC(=O)C1CCCN(C(=O)CC(=O)CN2CC3CC(C2)c2cccc(=O)n2C3)C1. The van der Waals surface area contributed by atoms with Gasteiger partial charge in [-0.25, -0.2) is 0 Å². The van der Waals surface area contributed by atoms with Crippen molar-refractivity contribution in [1.29, 1.82) is 0 Å². The third kappa shape index (κ3) is 4.89. The fourth-order valence-corrected chi connectivity index (χ4v) is 5.37. The van der Waals surface area contributed by atoms with E-state index in [-0.39, 0.29) is 48.0 Å². The topological polar surface area (TPSA) is 88.9 Å². The van der Waals surface area contributed by atoms with Crippen LogP contribution >= 0.6 is 0 Å². The molecule has 3 aliphatic heterocycles. The number of piperidine rings is 2. The Morgan fingerprint density at radius 3 is 2.77 bits per heavy atom. The summed E-state index contributed by atoms with van der Waals surface area (Å²) in [5.74, 6) is -0.246. The van der Waals surface area contributed by atoms with Crippen molar-refractivity contribution in [1.82, 2.24) is 14.4 Å². The lowest BCUT2D eigenvalue weighted by Crippen LogP contribution is -2.49. The second-order valence-corrected chi connectivity index (χ2v) is 9.04. The molecule has 31 heavy (non-hydrogen) atoms. The minimum Gasteiger partial charge on any atom is -0.466 e. The second-order valence-electron chi connectivity index (χ2n) is 9.04. The molecule has 4 rings (SSSR count). The number of carbonyl (C=O) groups is 3. The van der Waals surface area contributed by atoms with Gasteiger partial charge in [-0.05, 0) is 38.2 Å². The number of nitrogens with zero attached hydrogens (tertiary/aromatic N) is 3. The van der Waals surface area contributed by atoms with E-state index < -0.39 is 0 Å². The molecule has 1 aromatic rings. The molecule has 1 aromatic heterocycles. The van der Waals surface area contributed by atoms with Gasteiger partial charge in [0.1, 0.15) is 0 Å². The summed E-state index contributed by atoms with van der Waals surface area (Å²) in [4.78, 5) is 53.3. The van der Waals surface area contributed by atoms with Gasteiger partial charge in [-0.1, -0.05) is 6.07 Å². The van der Waals surface area contributed by atoms with Gasteiger partial charge < -0.3 is 14.2 Å². The molecular formula is C23H31N3O5. The molecule has 8 heteroatoms. The van der Waals surface area contributed by atoms with Crippen LogP contribution in [-0.4, -0.2) is 71.4 Å². The van der Waals surface area contributed by atoms with Gasteiger partial charge in [0.15, 0.2) is 5.78 Å². The van der Waals surface area contributed by atoms with Crippen molar-refractivity contribution < 1.29 is 19.1 Å². The number of amides is 1. The average Bonchev–Trinajstić information content (AvgIpc) is 2.74. The molecule has 3 unspecified atom stereocenters. The molecule has 4 heterocycles. The van der Waals surface area contributed by atoms with E-state index in [9.17, 15) is 19.2 Å². The van der Waals surface area contributed by atoms with Crippen molar-refractivity contribution in [3.8, 4) is 0 Å². The van der Waals surface area contributed by atoms with Gasteiger partial charge in [-0.2, -0.15) is 0 Å². The number of fused-ring (bicyclic) bond motifs is 4. The summed E-state index contributed by atoms with van der Waals surface area (Å²) in [5.41, 5.74) is 1.10. The van der Waals surface area contributed by atoms with E-state index in [2.05, 4.69) is 4.90 Å². The number of rotatable bonds is 6. The molecule has 1 amide bonds. The summed E-state index contributed by atoms with van der Waals surface area (Å²) < 4.78 is 6.96. The molecule has 3 atom stereocenters. The fourth-order valence-electron chi connectivity index (χ4n) is 5.37. The third-order valence-electron chi connectivity index (χ3n) is 6.70. The smallest absolute Gasteiger partial charge is 0.310 e. The van der Waals surface area contributed by atoms with Crippen molar-refractivity contribution in [3.63, 3.8) is 0 Å². The lowest BCUT2D eigenvalue weighted by molar-refractivity contribution is -0.151. The molecular weight excluding hydrogens is 398 g/mol. The zero-order chi connectivity index (χ0) is 22.0. The minimum absolute atomic E-state index is 0.0463. The largest absolute Gasteiger partial charge is 0.466 e. The van der Waals surface area contributed by atoms with Gasteiger partial charge >= 0.3 is 5.97 Å². The number of esters is 1. The number of pyridine rings is 1. The van der Waals surface area contributed by atoms with E-state index in [1.54, 1.807) is 24.0 Å². The van der Waals surface area contributed by atoms with Gasteiger partial charge in [0.05, 0.1) is 25.5 Å². The number of carbonyl (C=O) groups excluding carboxylic acids is 3. The lowest BCUT2D eigenvalue weighted by Gasteiger charge is -2.42. The average molecular weight is 430 g/mol. The highest BCUT2D eigenvalue weighted by atomic mass is 16.5. The Bertz CT molecular complexity index is 911. The first-order valence-corrected chi connectivity index (χ1v) is 11.3. The van der Waals surface area contributed by atoms with Gasteiger partial charge in [-0.15, -0.1) is 0 Å². The van der Waals surface area contributed by atoms with Crippen LogP contribution in [0.5, 0.6) is 0 Å². The molecule has 168 valence electrons. The molecule has 8 nitrogen and oxygen atoms in total. The molecule has 3 aliphatic rings. The highest BCUT2D eigenvalue weighted by molar-refractivity contribution is 5.99. The van der Waals surface area contributed by atoms with Crippen molar-refractivity contribution in [2.75, 3.05) is 39.3 Å². The highest BCUT2D eigenvalue weighted by Gasteiger charge is 2.35. The monoisotopic (exact) mass is 429 g/mol. The van der Waals surface area contributed by atoms with Crippen LogP contribution in [-0.2, 0) is 25.7 Å². The highest BCUT2D eigenvalue weighted by Crippen LogP contribution is 2.34. The van der Waals surface area contributed by atoms with Crippen LogP contribution in [0.3, 0.4) is 0 Å². The predicted octanol–water partition coefficient (Wildman–Crippen LogP) is 1.03. The summed E-state index contributed by atoms with van der Waals surface area (Å²) in [7, 11) is 0. The van der Waals surface area contributed by atoms with Gasteiger partial charge in [-0.3, -0.25) is 24.1 Å². The number of ketones is 1. The lowest BCUT2D eigenvalue weighted by atomic mass is 9.83. The van der Waals surface area contributed by atoms with E-state index in [0.717, 1.165) is 38.0 Å². The van der Waals surface area contributed by atoms with E-state index >= 15 is 0 Å². The molecule has 0 saturated carbocycles. The molecule has 2 fully saturated rings. The maximum atomic E-state index is 12.7. The zero-order valence-electron chi connectivity index (χ0n) is 18.1.